The van der Waals surface area contributed by atoms with Gasteiger partial charge in [0.25, 0.3) is 0 Å². The van der Waals surface area contributed by atoms with E-state index in [1.165, 1.54) is 6.26 Å². The number of aliphatic carboxylic acids is 1. The van der Waals surface area contributed by atoms with Crippen molar-refractivity contribution in [3.63, 3.8) is 0 Å². The minimum Gasteiger partial charge on any atom is -0.481 e. The number of carbonyl (C=O) groups is 1. The molecular weight excluding hydrogens is 264 g/mol. The lowest BCUT2D eigenvalue weighted by Gasteiger charge is -2.19. The molecular formula is C14H18O4S. The maximum atomic E-state index is 11.9. The Kier molecular flexibility index (Phi) is 3.21. The Morgan fingerprint density at radius 1 is 1.26 bits per heavy atom. The van der Waals surface area contributed by atoms with Gasteiger partial charge in [0.05, 0.1) is 11.3 Å². The Morgan fingerprint density at radius 2 is 1.79 bits per heavy atom. The number of rotatable bonds is 4. The van der Waals surface area contributed by atoms with Crippen LogP contribution in [0, 0.1) is 13.8 Å². The molecule has 0 saturated heterocycles. The number of sulfone groups is 1. The first-order valence-electron chi connectivity index (χ1n) is 6.19. The molecule has 0 aliphatic heterocycles. The molecule has 1 aromatic carbocycles. The Morgan fingerprint density at radius 3 is 2.21 bits per heavy atom. The Bertz CT molecular complexity index is 640. The first-order chi connectivity index (χ1) is 8.66. The molecule has 1 N–H and O–H groups in total. The summed E-state index contributed by atoms with van der Waals surface area (Å²) in [6.07, 6.45) is 2.66. The fraction of sp³-hybridized carbons (Fsp3) is 0.500. The van der Waals surface area contributed by atoms with E-state index in [0.29, 0.717) is 5.56 Å². The lowest BCUT2D eigenvalue weighted by molar-refractivity contribution is -0.137. The molecule has 19 heavy (non-hydrogen) atoms. The molecule has 0 spiro atoms. The van der Waals surface area contributed by atoms with E-state index in [9.17, 15) is 13.2 Å². The van der Waals surface area contributed by atoms with E-state index in [0.717, 1.165) is 24.0 Å². The summed E-state index contributed by atoms with van der Waals surface area (Å²) in [5.74, 6) is -0.879. The number of benzene rings is 1. The van der Waals surface area contributed by atoms with Gasteiger partial charge in [0, 0.05) is 11.7 Å². The molecule has 1 aliphatic carbocycles. The summed E-state index contributed by atoms with van der Waals surface area (Å²) in [6, 6.07) is 3.52. The normalized spacial score (nSPS) is 17.2. The second-order valence-corrected chi connectivity index (χ2v) is 7.54. The topological polar surface area (TPSA) is 71.4 Å². The second-order valence-electron chi connectivity index (χ2n) is 5.56. The molecule has 0 aromatic heterocycles. The third-order valence-electron chi connectivity index (χ3n) is 3.91. The van der Waals surface area contributed by atoms with Crippen molar-refractivity contribution >= 4 is 15.8 Å². The van der Waals surface area contributed by atoms with Crippen LogP contribution in [0.4, 0.5) is 0 Å². The van der Waals surface area contributed by atoms with E-state index in [1.54, 1.807) is 6.07 Å². The standard InChI is InChI=1S/C14H18O4S/c1-9-6-11(14(4-5-14)8-13(15)16)12(7-10(9)2)19(3,17)18/h6-7H,4-5,8H2,1-3H3,(H,15,16). The molecule has 0 bridgehead atoms. The van der Waals surface area contributed by atoms with Gasteiger partial charge in [-0.3, -0.25) is 4.79 Å². The number of hydrogen-bond acceptors (Lipinski definition) is 3. The minimum absolute atomic E-state index is 0.00196. The molecule has 0 heterocycles. The molecule has 1 aromatic rings. The average molecular weight is 282 g/mol. The van der Waals surface area contributed by atoms with Crippen molar-refractivity contribution in [1.29, 1.82) is 0 Å². The average Bonchev–Trinajstić information content (AvgIpc) is 2.99. The summed E-state index contributed by atoms with van der Waals surface area (Å²) in [5.41, 5.74) is 2.11. The highest BCUT2D eigenvalue weighted by atomic mass is 32.2. The number of aryl methyl sites for hydroxylation is 2. The first kappa shape index (κ1) is 14.1. The van der Waals surface area contributed by atoms with Gasteiger partial charge in [-0.2, -0.15) is 0 Å². The molecule has 1 saturated carbocycles. The van der Waals surface area contributed by atoms with Crippen LogP contribution in [0.5, 0.6) is 0 Å². The van der Waals surface area contributed by atoms with E-state index < -0.39 is 21.2 Å². The monoisotopic (exact) mass is 282 g/mol. The molecule has 1 aliphatic rings. The van der Waals surface area contributed by atoms with Crippen molar-refractivity contribution in [1.82, 2.24) is 0 Å². The summed E-state index contributed by atoms with van der Waals surface area (Å²) in [5, 5.41) is 9.02. The predicted octanol–water partition coefficient (Wildman–Crippen LogP) is 2.21. The lowest BCUT2D eigenvalue weighted by Crippen LogP contribution is -2.17. The summed E-state index contributed by atoms with van der Waals surface area (Å²) in [7, 11) is -3.34. The van der Waals surface area contributed by atoms with Gasteiger partial charge >= 0.3 is 5.97 Å². The highest BCUT2D eigenvalue weighted by Crippen LogP contribution is 2.53. The Hall–Kier alpha value is -1.36. The van der Waals surface area contributed by atoms with Crippen molar-refractivity contribution in [2.45, 2.75) is 43.4 Å². The zero-order chi connectivity index (χ0) is 14.4. The van der Waals surface area contributed by atoms with Crippen LogP contribution >= 0.6 is 0 Å². The third kappa shape index (κ3) is 2.66. The number of carboxylic acids is 1. The van der Waals surface area contributed by atoms with Crippen LogP contribution in [0.2, 0.25) is 0 Å². The van der Waals surface area contributed by atoms with Gasteiger partial charge in [-0.1, -0.05) is 6.07 Å². The van der Waals surface area contributed by atoms with E-state index in [4.69, 9.17) is 5.11 Å². The summed E-state index contributed by atoms with van der Waals surface area (Å²) in [4.78, 5) is 11.3. The second kappa shape index (κ2) is 4.34. The van der Waals surface area contributed by atoms with Crippen LogP contribution in [-0.4, -0.2) is 25.7 Å². The largest absolute Gasteiger partial charge is 0.481 e. The molecule has 5 heteroatoms. The van der Waals surface area contributed by atoms with Crippen LogP contribution in [0.25, 0.3) is 0 Å². The zero-order valence-corrected chi connectivity index (χ0v) is 12.2. The smallest absolute Gasteiger partial charge is 0.304 e. The maximum absolute atomic E-state index is 11.9. The zero-order valence-electron chi connectivity index (χ0n) is 11.4. The Balaban J connectivity index is 2.63. The molecule has 0 atom stereocenters. The van der Waals surface area contributed by atoms with Crippen LogP contribution in [-0.2, 0) is 20.0 Å². The van der Waals surface area contributed by atoms with Gasteiger partial charge in [-0.05, 0) is 49.4 Å². The van der Waals surface area contributed by atoms with Crippen LogP contribution in [0.1, 0.15) is 36.0 Å². The van der Waals surface area contributed by atoms with E-state index in [1.807, 2.05) is 19.9 Å². The van der Waals surface area contributed by atoms with Crippen LogP contribution in [0.15, 0.2) is 17.0 Å². The van der Waals surface area contributed by atoms with Gasteiger partial charge < -0.3 is 5.11 Å². The van der Waals surface area contributed by atoms with Gasteiger partial charge in [0.1, 0.15) is 0 Å². The van der Waals surface area contributed by atoms with Gasteiger partial charge in [0.2, 0.25) is 0 Å². The van der Waals surface area contributed by atoms with Crippen molar-refractivity contribution in [3.8, 4) is 0 Å². The Labute approximate surface area is 113 Å². The maximum Gasteiger partial charge on any atom is 0.304 e. The lowest BCUT2D eigenvalue weighted by atomic mass is 9.90. The summed E-state index contributed by atoms with van der Waals surface area (Å²) < 4.78 is 23.9. The highest BCUT2D eigenvalue weighted by molar-refractivity contribution is 7.90. The molecule has 0 unspecified atom stereocenters. The fourth-order valence-corrected chi connectivity index (χ4v) is 3.56. The van der Waals surface area contributed by atoms with E-state index >= 15 is 0 Å². The quantitative estimate of drug-likeness (QED) is 0.919. The predicted molar refractivity (Wildman–Crippen MR) is 72.2 cm³/mol. The van der Waals surface area contributed by atoms with Gasteiger partial charge in [0.15, 0.2) is 9.84 Å². The molecule has 0 amide bonds. The molecule has 104 valence electrons. The molecule has 0 radical (unpaired) electrons. The molecule has 4 nitrogen and oxygen atoms in total. The van der Waals surface area contributed by atoms with E-state index in [2.05, 4.69) is 0 Å². The first-order valence-corrected chi connectivity index (χ1v) is 8.08. The number of carboxylic acid groups (broad SMARTS) is 1. The van der Waals surface area contributed by atoms with Crippen molar-refractivity contribution in [2.75, 3.05) is 6.26 Å². The summed E-state index contributed by atoms with van der Waals surface area (Å²) in [6.45, 7) is 3.78. The minimum atomic E-state index is -3.34. The fourth-order valence-electron chi connectivity index (χ4n) is 2.49. The highest BCUT2D eigenvalue weighted by Gasteiger charge is 2.48. The molecule has 2 rings (SSSR count). The van der Waals surface area contributed by atoms with Crippen molar-refractivity contribution in [3.05, 3.63) is 28.8 Å². The SMILES string of the molecule is Cc1cc(C2(CC(=O)O)CC2)c(S(C)(=O)=O)cc1C. The summed E-state index contributed by atoms with van der Waals surface area (Å²) >= 11 is 0. The van der Waals surface area contributed by atoms with Crippen molar-refractivity contribution in [2.24, 2.45) is 0 Å². The number of hydrogen-bond donors (Lipinski definition) is 1. The van der Waals surface area contributed by atoms with E-state index in [-0.39, 0.29) is 11.3 Å². The molecule has 1 fully saturated rings. The third-order valence-corrected chi connectivity index (χ3v) is 5.05. The van der Waals surface area contributed by atoms with Crippen LogP contribution < -0.4 is 0 Å². The van der Waals surface area contributed by atoms with Crippen molar-refractivity contribution < 1.29 is 18.3 Å². The van der Waals surface area contributed by atoms with Gasteiger partial charge in [-0.25, -0.2) is 8.42 Å². The van der Waals surface area contributed by atoms with Gasteiger partial charge in [-0.15, -0.1) is 0 Å². The van der Waals surface area contributed by atoms with Crippen LogP contribution in [0.3, 0.4) is 0 Å².